The van der Waals surface area contributed by atoms with Crippen LogP contribution in [0.25, 0.3) is 0 Å². The first-order valence-electron chi connectivity index (χ1n) is 15.8. The maximum absolute atomic E-state index is 10.5. The SMILES string of the molecule is COCCCN(c1cc(CO[C@H]2CNCC[C@@H]2c2ccc(OCCCOCc3ccccc3OC)cc2)ccc1C)C(C)O. The van der Waals surface area contributed by atoms with Gasteiger partial charge in [-0.1, -0.05) is 42.5 Å². The molecule has 2 N–H and O–H groups in total. The first-order chi connectivity index (χ1) is 21.5. The van der Waals surface area contributed by atoms with E-state index in [0.717, 1.165) is 72.8 Å². The number of ether oxygens (including phenoxy) is 5. The summed E-state index contributed by atoms with van der Waals surface area (Å²) < 4.78 is 28.9. The molecule has 3 aromatic carbocycles. The topological polar surface area (TPSA) is 81.7 Å². The molecule has 1 unspecified atom stereocenters. The molecular formula is C36H50N2O6. The number of para-hydroxylation sites is 1. The number of nitrogens with zero attached hydrogens (tertiary/aromatic N) is 1. The van der Waals surface area contributed by atoms with Crippen molar-refractivity contribution in [2.75, 3.05) is 58.6 Å². The molecule has 0 spiro atoms. The van der Waals surface area contributed by atoms with Gasteiger partial charge in [0.05, 0.1) is 39.6 Å². The summed E-state index contributed by atoms with van der Waals surface area (Å²) in [5, 5.41) is 14.0. The Balaban J connectivity index is 1.26. The minimum atomic E-state index is -0.585. The highest BCUT2D eigenvalue weighted by atomic mass is 16.5. The predicted octanol–water partition coefficient (Wildman–Crippen LogP) is 5.83. The standard InChI is InChI=1S/C36H50N2O6/c1-27-11-12-29(23-34(27)38(28(2)39)19-7-20-40-3)25-44-36-24-37-18-17-33(36)30-13-15-32(16-14-30)43-22-8-21-42-26-31-9-5-6-10-35(31)41-4/h5-6,9-16,23,28,33,36-37,39H,7-8,17-22,24-26H2,1-4H3/t28?,33-,36+/m1/s1. The maximum atomic E-state index is 10.5. The van der Waals surface area contributed by atoms with Gasteiger partial charge in [0.2, 0.25) is 0 Å². The zero-order valence-corrected chi connectivity index (χ0v) is 26.8. The fraction of sp³-hybridized carbons (Fsp3) is 0.500. The molecule has 3 atom stereocenters. The molecule has 4 rings (SSSR count). The van der Waals surface area contributed by atoms with E-state index >= 15 is 0 Å². The zero-order valence-electron chi connectivity index (χ0n) is 26.8. The highest BCUT2D eigenvalue weighted by Crippen LogP contribution is 2.31. The lowest BCUT2D eigenvalue weighted by Gasteiger charge is -2.33. The van der Waals surface area contributed by atoms with E-state index in [9.17, 15) is 5.11 Å². The highest BCUT2D eigenvalue weighted by Gasteiger charge is 2.27. The number of rotatable bonds is 18. The van der Waals surface area contributed by atoms with E-state index in [1.54, 1.807) is 14.2 Å². The normalized spacial score (nSPS) is 17.3. The van der Waals surface area contributed by atoms with Crippen LogP contribution in [0.4, 0.5) is 5.69 Å². The number of hydrogen-bond donors (Lipinski definition) is 2. The first kappa shape index (κ1) is 33.7. The molecule has 0 aromatic heterocycles. The largest absolute Gasteiger partial charge is 0.496 e. The number of nitrogens with one attached hydrogen (secondary N) is 1. The van der Waals surface area contributed by atoms with Crippen LogP contribution in [0.3, 0.4) is 0 Å². The lowest BCUT2D eigenvalue weighted by atomic mass is 9.87. The van der Waals surface area contributed by atoms with Gasteiger partial charge in [-0.25, -0.2) is 0 Å². The smallest absolute Gasteiger partial charge is 0.124 e. The van der Waals surface area contributed by atoms with Crippen LogP contribution in [0, 0.1) is 6.92 Å². The Bertz CT molecular complexity index is 1250. The van der Waals surface area contributed by atoms with Gasteiger partial charge in [-0.05, 0) is 74.2 Å². The van der Waals surface area contributed by atoms with Crippen molar-refractivity contribution >= 4 is 5.69 Å². The second-order valence-corrected chi connectivity index (χ2v) is 11.4. The van der Waals surface area contributed by atoms with Crippen molar-refractivity contribution in [3.05, 3.63) is 89.0 Å². The lowest BCUT2D eigenvalue weighted by molar-refractivity contribution is 0.0106. The predicted molar refractivity (Wildman–Crippen MR) is 175 cm³/mol. The lowest BCUT2D eigenvalue weighted by Crippen LogP contribution is -2.41. The van der Waals surface area contributed by atoms with Crippen molar-refractivity contribution in [2.24, 2.45) is 0 Å². The van der Waals surface area contributed by atoms with Crippen molar-refractivity contribution in [1.82, 2.24) is 5.32 Å². The fourth-order valence-electron chi connectivity index (χ4n) is 5.70. The van der Waals surface area contributed by atoms with Crippen LogP contribution >= 0.6 is 0 Å². The van der Waals surface area contributed by atoms with Gasteiger partial charge >= 0.3 is 0 Å². The molecule has 0 bridgehead atoms. The molecule has 240 valence electrons. The van der Waals surface area contributed by atoms with Gasteiger partial charge in [-0.15, -0.1) is 0 Å². The Morgan fingerprint density at radius 3 is 2.55 bits per heavy atom. The summed E-state index contributed by atoms with van der Waals surface area (Å²) in [4.78, 5) is 2.03. The van der Waals surface area contributed by atoms with Crippen LogP contribution in [0.1, 0.15) is 54.4 Å². The van der Waals surface area contributed by atoms with Gasteiger partial charge in [0.1, 0.15) is 17.7 Å². The molecule has 0 radical (unpaired) electrons. The molecule has 1 aliphatic rings. The summed E-state index contributed by atoms with van der Waals surface area (Å²) in [5.74, 6) is 2.02. The third kappa shape index (κ3) is 9.94. The number of hydrogen-bond acceptors (Lipinski definition) is 8. The Morgan fingerprint density at radius 1 is 0.955 bits per heavy atom. The van der Waals surface area contributed by atoms with Gasteiger partial charge < -0.3 is 39.0 Å². The highest BCUT2D eigenvalue weighted by molar-refractivity contribution is 5.55. The van der Waals surface area contributed by atoms with Crippen molar-refractivity contribution in [1.29, 1.82) is 0 Å². The third-order valence-corrected chi connectivity index (χ3v) is 8.13. The molecule has 0 aliphatic carbocycles. The number of aliphatic hydroxyl groups is 1. The van der Waals surface area contributed by atoms with Gasteiger partial charge in [0.25, 0.3) is 0 Å². The Labute approximate surface area is 263 Å². The van der Waals surface area contributed by atoms with Crippen molar-refractivity contribution in [3.8, 4) is 11.5 Å². The minimum absolute atomic E-state index is 0.0650. The number of anilines is 1. The van der Waals surface area contributed by atoms with Crippen LogP contribution in [0.15, 0.2) is 66.7 Å². The quantitative estimate of drug-likeness (QED) is 0.138. The van der Waals surface area contributed by atoms with Gasteiger partial charge in [-0.2, -0.15) is 0 Å². The van der Waals surface area contributed by atoms with Gasteiger partial charge in [-0.3, -0.25) is 0 Å². The monoisotopic (exact) mass is 606 g/mol. The van der Waals surface area contributed by atoms with E-state index in [-0.39, 0.29) is 6.10 Å². The molecule has 8 heteroatoms. The summed E-state index contributed by atoms with van der Waals surface area (Å²) in [5.41, 5.74) is 5.59. The Kier molecular flexibility index (Phi) is 13.8. The molecule has 1 fully saturated rings. The molecule has 1 heterocycles. The second kappa shape index (κ2) is 18.0. The van der Waals surface area contributed by atoms with Gasteiger partial charge in [0, 0.05) is 50.4 Å². The van der Waals surface area contributed by atoms with E-state index in [1.807, 2.05) is 36.1 Å². The number of methoxy groups -OCH3 is 2. The summed E-state index contributed by atoms with van der Waals surface area (Å²) in [7, 11) is 3.38. The number of aliphatic hydroxyl groups excluding tert-OH is 1. The van der Waals surface area contributed by atoms with Crippen LogP contribution in [0.5, 0.6) is 11.5 Å². The number of aryl methyl sites for hydroxylation is 1. The molecular weight excluding hydrogens is 556 g/mol. The summed E-state index contributed by atoms with van der Waals surface area (Å²) in [6.45, 7) is 9.32. The van der Waals surface area contributed by atoms with Crippen molar-refractivity contribution in [3.63, 3.8) is 0 Å². The number of benzene rings is 3. The first-order valence-corrected chi connectivity index (χ1v) is 15.8. The van der Waals surface area contributed by atoms with E-state index < -0.39 is 6.23 Å². The van der Waals surface area contributed by atoms with Crippen molar-refractivity contribution in [2.45, 2.75) is 64.6 Å². The molecule has 44 heavy (non-hydrogen) atoms. The molecule has 8 nitrogen and oxygen atoms in total. The summed E-state index contributed by atoms with van der Waals surface area (Å²) >= 11 is 0. The molecule has 3 aromatic rings. The summed E-state index contributed by atoms with van der Waals surface area (Å²) in [6.07, 6.45) is 2.15. The molecule has 0 amide bonds. The van der Waals surface area contributed by atoms with E-state index in [4.69, 9.17) is 23.7 Å². The van der Waals surface area contributed by atoms with Gasteiger partial charge in [0.15, 0.2) is 0 Å². The van der Waals surface area contributed by atoms with E-state index in [2.05, 4.69) is 54.7 Å². The average Bonchev–Trinajstić information content (AvgIpc) is 3.05. The maximum Gasteiger partial charge on any atom is 0.124 e. The third-order valence-electron chi connectivity index (χ3n) is 8.13. The van der Waals surface area contributed by atoms with Crippen LogP contribution in [-0.2, 0) is 27.4 Å². The van der Waals surface area contributed by atoms with Crippen LogP contribution in [-0.4, -0.2) is 71.1 Å². The minimum Gasteiger partial charge on any atom is -0.496 e. The van der Waals surface area contributed by atoms with Crippen LogP contribution in [0.2, 0.25) is 0 Å². The zero-order chi connectivity index (χ0) is 31.1. The molecule has 1 saturated heterocycles. The van der Waals surface area contributed by atoms with E-state index in [1.165, 1.54) is 5.56 Å². The fourth-order valence-corrected chi connectivity index (χ4v) is 5.70. The Hall–Kier alpha value is -3.14. The average molecular weight is 607 g/mol. The summed E-state index contributed by atoms with van der Waals surface area (Å²) in [6, 6.07) is 22.8. The van der Waals surface area contributed by atoms with Crippen LogP contribution < -0.4 is 19.7 Å². The second-order valence-electron chi connectivity index (χ2n) is 11.4. The van der Waals surface area contributed by atoms with Crippen molar-refractivity contribution < 1.29 is 28.8 Å². The molecule has 0 saturated carbocycles. The molecule has 1 aliphatic heterocycles. The number of piperidine rings is 1. The van der Waals surface area contributed by atoms with E-state index in [0.29, 0.717) is 39.0 Å². The Morgan fingerprint density at radius 2 is 1.77 bits per heavy atom.